The molecule has 0 unspecified atom stereocenters. The number of ether oxygens (including phenoxy) is 1. The highest BCUT2D eigenvalue weighted by Crippen LogP contribution is 2.28. The van der Waals surface area contributed by atoms with Crippen molar-refractivity contribution in [3.8, 4) is 5.75 Å². The minimum atomic E-state index is -0.835. The number of halogens is 3. The Kier molecular flexibility index (Phi) is 6.33. The molecule has 28 heavy (non-hydrogen) atoms. The molecule has 0 aliphatic rings. The number of hydrogen-bond donors (Lipinski definition) is 1. The third kappa shape index (κ3) is 5.11. The first-order chi connectivity index (χ1) is 13.4. The topological polar surface area (TPSA) is 87.1 Å². The van der Waals surface area contributed by atoms with Crippen LogP contribution in [0.5, 0.6) is 5.75 Å². The molecule has 3 rings (SSSR count). The van der Waals surface area contributed by atoms with E-state index in [0.29, 0.717) is 22.1 Å². The van der Waals surface area contributed by atoms with Crippen LogP contribution in [-0.2, 0) is 11.4 Å². The molecule has 0 amide bonds. The fourth-order valence-corrected chi connectivity index (χ4v) is 2.84. The molecular weight excluding hydrogens is 455 g/mol. The fourth-order valence-electron chi connectivity index (χ4n) is 2.12. The summed E-state index contributed by atoms with van der Waals surface area (Å²) < 4.78 is 24.7. The average molecular weight is 468 g/mol. The summed E-state index contributed by atoms with van der Waals surface area (Å²) in [5.41, 5.74) is 6.11. The van der Waals surface area contributed by atoms with Crippen LogP contribution in [0.25, 0.3) is 0 Å². The van der Waals surface area contributed by atoms with Gasteiger partial charge in [-0.05, 0) is 54.6 Å². The third-order valence-electron chi connectivity index (χ3n) is 3.49. The summed E-state index contributed by atoms with van der Waals surface area (Å²) in [5.74, 6) is -0.533. The SMILES string of the molecule is N/C(=N\OC(=O)c1ccc(COc2ccc(Br)cc2Cl)o1)c1ccc(F)cc1. The van der Waals surface area contributed by atoms with Gasteiger partial charge in [-0.2, -0.15) is 0 Å². The van der Waals surface area contributed by atoms with E-state index in [9.17, 15) is 9.18 Å². The Balaban J connectivity index is 1.59. The van der Waals surface area contributed by atoms with Crippen molar-refractivity contribution in [1.29, 1.82) is 0 Å². The second-order valence-corrected chi connectivity index (χ2v) is 6.81. The summed E-state index contributed by atoms with van der Waals surface area (Å²) >= 11 is 9.38. The van der Waals surface area contributed by atoms with Gasteiger partial charge in [0.2, 0.25) is 5.76 Å². The Morgan fingerprint density at radius 3 is 2.64 bits per heavy atom. The Morgan fingerprint density at radius 1 is 1.18 bits per heavy atom. The van der Waals surface area contributed by atoms with Crippen molar-refractivity contribution in [3.63, 3.8) is 0 Å². The van der Waals surface area contributed by atoms with E-state index in [1.165, 1.54) is 30.3 Å². The molecule has 0 aliphatic heterocycles. The van der Waals surface area contributed by atoms with Crippen molar-refractivity contribution in [2.75, 3.05) is 0 Å². The molecule has 0 fully saturated rings. The van der Waals surface area contributed by atoms with E-state index >= 15 is 0 Å². The number of nitrogens with zero attached hydrogens (tertiary/aromatic N) is 1. The van der Waals surface area contributed by atoms with Gasteiger partial charge in [-0.15, -0.1) is 0 Å². The molecule has 0 atom stereocenters. The van der Waals surface area contributed by atoms with Crippen molar-refractivity contribution in [2.45, 2.75) is 6.61 Å². The maximum Gasteiger partial charge on any atom is 0.400 e. The predicted molar refractivity (Wildman–Crippen MR) is 105 cm³/mol. The molecule has 9 heteroatoms. The van der Waals surface area contributed by atoms with Crippen LogP contribution >= 0.6 is 27.5 Å². The zero-order valence-corrected chi connectivity index (χ0v) is 16.5. The van der Waals surface area contributed by atoms with Gasteiger partial charge in [-0.25, -0.2) is 9.18 Å². The summed E-state index contributed by atoms with van der Waals surface area (Å²) in [6, 6.07) is 13.4. The zero-order valence-electron chi connectivity index (χ0n) is 14.2. The standard InChI is InChI=1S/C19H13BrClFN2O4/c20-12-3-7-16(15(21)9-12)26-10-14-6-8-17(27-14)19(25)28-24-18(23)11-1-4-13(22)5-2-11/h1-9H,10H2,(H2,23,24). The van der Waals surface area contributed by atoms with Crippen LogP contribution in [0.1, 0.15) is 21.9 Å². The van der Waals surface area contributed by atoms with Crippen LogP contribution in [-0.4, -0.2) is 11.8 Å². The van der Waals surface area contributed by atoms with Crippen molar-refractivity contribution in [2.24, 2.45) is 10.9 Å². The number of nitrogens with two attached hydrogens (primary N) is 1. The van der Waals surface area contributed by atoms with Gasteiger partial charge in [-0.1, -0.05) is 32.7 Å². The summed E-state index contributed by atoms with van der Waals surface area (Å²) in [6.07, 6.45) is 0. The van der Waals surface area contributed by atoms with E-state index < -0.39 is 11.8 Å². The van der Waals surface area contributed by atoms with Gasteiger partial charge in [0.1, 0.15) is 23.9 Å². The summed E-state index contributed by atoms with van der Waals surface area (Å²) in [7, 11) is 0. The van der Waals surface area contributed by atoms with E-state index in [-0.39, 0.29) is 18.2 Å². The van der Waals surface area contributed by atoms with E-state index in [1.807, 2.05) is 0 Å². The van der Waals surface area contributed by atoms with E-state index in [2.05, 4.69) is 21.1 Å². The molecule has 1 aromatic heterocycles. The number of furan rings is 1. The maximum atomic E-state index is 12.9. The normalized spacial score (nSPS) is 11.3. The van der Waals surface area contributed by atoms with Gasteiger partial charge in [0, 0.05) is 10.0 Å². The molecule has 0 saturated carbocycles. The molecule has 1 heterocycles. The number of carbonyl (C=O) groups excluding carboxylic acids is 1. The Bertz CT molecular complexity index is 1020. The predicted octanol–water partition coefficient (Wildman–Crippen LogP) is 4.89. The van der Waals surface area contributed by atoms with Gasteiger partial charge in [0.05, 0.1) is 5.02 Å². The highest BCUT2D eigenvalue weighted by Gasteiger charge is 2.14. The van der Waals surface area contributed by atoms with Crippen molar-refractivity contribution < 1.29 is 23.2 Å². The second-order valence-electron chi connectivity index (χ2n) is 5.49. The summed E-state index contributed by atoms with van der Waals surface area (Å²) in [6.45, 7) is 0.0651. The van der Waals surface area contributed by atoms with E-state index in [4.69, 9.17) is 31.3 Å². The van der Waals surface area contributed by atoms with Gasteiger partial charge in [0.25, 0.3) is 0 Å². The Morgan fingerprint density at radius 2 is 1.93 bits per heavy atom. The van der Waals surface area contributed by atoms with Crippen LogP contribution in [0.3, 0.4) is 0 Å². The lowest BCUT2D eigenvalue weighted by atomic mass is 10.2. The summed E-state index contributed by atoms with van der Waals surface area (Å²) in [5, 5.41) is 3.97. The van der Waals surface area contributed by atoms with Gasteiger partial charge < -0.3 is 19.7 Å². The largest absolute Gasteiger partial charge is 0.484 e. The number of hydrogen-bond acceptors (Lipinski definition) is 5. The van der Waals surface area contributed by atoms with E-state index in [0.717, 1.165) is 4.47 Å². The Hall–Kier alpha value is -2.84. The first-order valence-electron chi connectivity index (χ1n) is 7.89. The molecule has 2 aromatic carbocycles. The molecule has 0 bridgehead atoms. The quantitative estimate of drug-likeness (QED) is 0.241. The van der Waals surface area contributed by atoms with Gasteiger partial charge in [0.15, 0.2) is 5.84 Å². The number of benzene rings is 2. The van der Waals surface area contributed by atoms with Crippen molar-refractivity contribution in [1.82, 2.24) is 0 Å². The van der Waals surface area contributed by atoms with Crippen LogP contribution in [0.15, 0.2) is 68.6 Å². The molecule has 6 nitrogen and oxygen atoms in total. The monoisotopic (exact) mass is 466 g/mol. The molecule has 2 N–H and O–H groups in total. The van der Waals surface area contributed by atoms with Crippen LogP contribution in [0.4, 0.5) is 4.39 Å². The first-order valence-corrected chi connectivity index (χ1v) is 9.07. The first kappa shape index (κ1) is 19.9. The molecule has 0 radical (unpaired) electrons. The minimum absolute atomic E-state index is 0.0651. The van der Waals surface area contributed by atoms with Crippen LogP contribution in [0, 0.1) is 5.82 Å². The molecule has 0 aliphatic carbocycles. The molecule has 144 valence electrons. The zero-order chi connectivity index (χ0) is 20.1. The smallest absolute Gasteiger partial charge is 0.400 e. The Labute approximate surface area is 172 Å². The maximum absolute atomic E-state index is 12.9. The highest BCUT2D eigenvalue weighted by molar-refractivity contribution is 9.10. The van der Waals surface area contributed by atoms with Crippen LogP contribution < -0.4 is 10.5 Å². The number of amidine groups is 1. The lowest BCUT2D eigenvalue weighted by molar-refractivity contribution is 0.0475. The lowest BCUT2D eigenvalue weighted by Gasteiger charge is -2.06. The van der Waals surface area contributed by atoms with Crippen molar-refractivity contribution in [3.05, 3.63) is 87.0 Å². The molecule has 0 spiro atoms. The average Bonchev–Trinajstić information content (AvgIpc) is 3.15. The highest BCUT2D eigenvalue weighted by atomic mass is 79.9. The molecule has 3 aromatic rings. The molecule has 0 saturated heterocycles. The van der Waals surface area contributed by atoms with Gasteiger partial charge >= 0.3 is 5.97 Å². The number of carbonyl (C=O) groups is 1. The third-order valence-corrected chi connectivity index (χ3v) is 4.28. The number of rotatable bonds is 6. The fraction of sp³-hybridized carbons (Fsp3) is 0.0526. The molecular formula is C19H13BrClFN2O4. The van der Waals surface area contributed by atoms with Crippen LogP contribution in [0.2, 0.25) is 5.02 Å². The minimum Gasteiger partial charge on any atom is -0.484 e. The second kappa shape index (κ2) is 8.90. The number of oxime groups is 1. The van der Waals surface area contributed by atoms with Crippen molar-refractivity contribution >= 4 is 39.3 Å². The van der Waals surface area contributed by atoms with Gasteiger partial charge in [-0.3, -0.25) is 0 Å². The lowest BCUT2D eigenvalue weighted by Crippen LogP contribution is -2.15. The van der Waals surface area contributed by atoms with E-state index in [1.54, 1.807) is 24.3 Å². The summed E-state index contributed by atoms with van der Waals surface area (Å²) in [4.78, 5) is 16.8.